The van der Waals surface area contributed by atoms with Gasteiger partial charge >= 0.3 is 5.97 Å². The van der Waals surface area contributed by atoms with Gasteiger partial charge in [-0.25, -0.2) is 0 Å². The molecule has 1 aromatic carbocycles. The first-order valence-electron chi connectivity index (χ1n) is 7.36. The average molecular weight is 291 g/mol. The van der Waals surface area contributed by atoms with E-state index in [1.54, 1.807) is 24.3 Å². The quantitative estimate of drug-likeness (QED) is 0.844. The molecule has 1 amide bonds. The van der Waals surface area contributed by atoms with Crippen LogP contribution in [0.3, 0.4) is 0 Å². The van der Waals surface area contributed by atoms with Crippen molar-refractivity contribution in [2.24, 2.45) is 5.92 Å². The van der Waals surface area contributed by atoms with E-state index in [-0.39, 0.29) is 17.9 Å². The molecule has 114 valence electrons. The molecule has 0 bridgehead atoms. The van der Waals surface area contributed by atoms with Crippen molar-refractivity contribution in [2.75, 3.05) is 6.61 Å². The Morgan fingerprint density at radius 1 is 1.29 bits per heavy atom. The van der Waals surface area contributed by atoms with E-state index in [0.29, 0.717) is 25.0 Å². The van der Waals surface area contributed by atoms with Crippen molar-refractivity contribution >= 4 is 11.9 Å². The molecule has 0 spiro atoms. The molecule has 1 aliphatic carbocycles. The van der Waals surface area contributed by atoms with Gasteiger partial charge in [0.15, 0.2) is 0 Å². The van der Waals surface area contributed by atoms with E-state index in [1.165, 1.54) is 0 Å². The highest BCUT2D eigenvalue weighted by Gasteiger charge is 2.30. The molecule has 21 heavy (non-hydrogen) atoms. The molecule has 1 fully saturated rings. The summed E-state index contributed by atoms with van der Waals surface area (Å²) < 4.78 is 5.47. The molecule has 0 heterocycles. The molecule has 1 aromatic rings. The van der Waals surface area contributed by atoms with Crippen LogP contribution in [-0.2, 0) is 4.79 Å². The van der Waals surface area contributed by atoms with Crippen LogP contribution in [0.1, 0.15) is 43.0 Å². The Balaban J connectivity index is 1.87. The molecule has 0 saturated heterocycles. The van der Waals surface area contributed by atoms with Gasteiger partial charge in [0.25, 0.3) is 5.91 Å². The molecule has 0 unspecified atom stereocenters. The molecule has 2 N–H and O–H groups in total. The third kappa shape index (κ3) is 4.21. The number of benzene rings is 1. The molecule has 1 saturated carbocycles. The first kappa shape index (κ1) is 15.4. The molecule has 0 aromatic heterocycles. The van der Waals surface area contributed by atoms with Gasteiger partial charge in [-0.05, 0) is 49.9 Å². The normalized spacial score (nSPS) is 21.0. The fourth-order valence-corrected chi connectivity index (χ4v) is 2.53. The predicted molar refractivity (Wildman–Crippen MR) is 78.5 cm³/mol. The number of nitrogens with one attached hydrogen (secondary N) is 1. The van der Waals surface area contributed by atoms with Crippen molar-refractivity contribution in [3.8, 4) is 5.75 Å². The summed E-state index contributed by atoms with van der Waals surface area (Å²) in [7, 11) is 0. The largest absolute Gasteiger partial charge is 0.494 e. The average Bonchev–Trinajstić information content (AvgIpc) is 2.94. The maximum Gasteiger partial charge on any atom is 0.306 e. The fraction of sp³-hybridized carbons (Fsp3) is 0.500. The third-order valence-corrected chi connectivity index (χ3v) is 3.71. The Hall–Kier alpha value is -2.04. The highest BCUT2D eigenvalue weighted by Crippen LogP contribution is 2.26. The second kappa shape index (κ2) is 7.11. The Kier molecular flexibility index (Phi) is 5.20. The number of ether oxygens (including phenoxy) is 1. The lowest BCUT2D eigenvalue weighted by atomic mass is 10.1. The van der Waals surface area contributed by atoms with Crippen LogP contribution in [0.4, 0.5) is 0 Å². The number of hydrogen-bond acceptors (Lipinski definition) is 3. The third-order valence-electron chi connectivity index (χ3n) is 3.71. The van der Waals surface area contributed by atoms with Crippen LogP contribution in [-0.4, -0.2) is 29.6 Å². The van der Waals surface area contributed by atoms with E-state index in [1.807, 2.05) is 6.92 Å². The van der Waals surface area contributed by atoms with Crippen LogP contribution < -0.4 is 10.1 Å². The standard InChI is InChI=1S/C16H21NO4/c1-2-9-21-14-7-4-11(5-8-14)15(18)17-13-6-3-12(10-13)16(19)20/h4-5,7-8,12-13H,2-3,6,9-10H2,1H3,(H,17,18)(H,19,20)/t12-,13+/m1/s1. The Morgan fingerprint density at radius 2 is 2.00 bits per heavy atom. The monoisotopic (exact) mass is 291 g/mol. The van der Waals surface area contributed by atoms with E-state index in [9.17, 15) is 9.59 Å². The van der Waals surface area contributed by atoms with Gasteiger partial charge < -0.3 is 15.2 Å². The minimum atomic E-state index is -0.774. The summed E-state index contributed by atoms with van der Waals surface area (Å²) >= 11 is 0. The lowest BCUT2D eigenvalue weighted by molar-refractivity contribution is -0.141. The minimum Gasteiger partial charge on any atom is -0.494 e. The van der Waals surface area contributed by atoms with Gasteiger partial charge in [0.1, 0.15) is 5.75 Å². The van der Waals surface area contributed by atoms with Gasteiger partial charge in [0.05, 0.1) is 12.5 Å². The number of rotatable bonds is 6. The molecule has 0 aliphatic heterocycles. The number of aliphatic carboxylic acids is 1. The first-order chi connectivity index (χ1) is 10.1. The zero-order chi connectivity index (χ0) is 15.2. The molecular formula is C16H21NO4. The van der Waals surface area contributed by atoms with E-state index < -0.39 is 5.97 Å². The van der Waals surface area contributed by atoms with Crippen LogP contribution >= 0.6 is 0 Å². The van der Waals surface area contributed by atoms with Crippen LogP contribution in [0.2, 0.25) is 0 Å². The zero-order valence-corrected chi connectivity index (χ0v) is 12.2. The molecule has 5 heteroatoms. The number of carboxylic acid groups (broad SMARTS) is 1. The van der Waals surface area contributed by atoms with E-state index in [2.05, 4.69) is 5.32 Å². The summed E-state index contributed by atoms with van der Waals surface area (Å²) in [5.41, 5.74) is 0.567. The second-order valence-corrected chi connectivity index (χ2v) is 5.39. The van der Waals surface area contributed by atoms with Gasteiger partial charge in [0.2, 0.25) is 0 Å². The van der Waals surface area contributed by atoms with E-state index in [4.69, 9.17) is 9.84 Å². The van der Waals surface area contributed by atoms with Gasteiger partial charge in [-0.1, -0.05) is 6.92 Å². The van der Waals surface area contributed by atoms with Crippen molar-refractivity contribution in [3.05, 3.63) is 29.8 Å². The Bertz CT molecular complexity index is 498. The van der Waals surface area contributed by atoms with Crippen LogP contribution in [0.25, 0.3) is 0 Å². The minimum absolute atomic E-state index is 0.0467. The smallest absolute Gasteiger partial charge is 0.306 e. The Labute approximate surface area is 124 Å². The van der Waals surface area contributed by atoms with Crippen molar-refractivity contribution in [1.29, 1.82) is 0 Å². The van der Waals surface area contributed by atoms with E-state index >= 15 is 0 Å². The highest BCUT2D eigenvalue weighted by atomic mass is 16.5. The van der Waals surface area contributed by atoms with Crippen LogP contribution in [0.15, 0.2) is 24.3 Å². The second-order valence-electron chi connectivity index (χ2n) is 5.39. The summed E-state index contributed by atoms with van der Waals surface area (Å²) in [6, 6.07) is 6.96. The van der Waals surface area contributed by atoms with Crippen LogP contribution in [0, 0.1) is 5.92 Å². The maximum atomic E-state index is 12.1. The van der Waals surface area contributed by atoms with Gasteiger partial charge in [-0.3, -0.25) is 9.59 Å². The highest BCUT2D eigenvalue weighted by molar-refractivity contribution is 5.94. The molecule has 2 rings (SSSR count). The first-order valence-corrected chi connectivity index (χ1v) is 7.36. The Morgan fingerprint density at radius 3 is 2.57 bits per heavy atom. The summed E-state index contributed by atoms with van der Waals surface area (Å²) in [6.45, 7) is 2.69. The summed E-state index contributed by atoms with van der Waals surface area (Å²) in [6.07, 6.45) is 2.80. The number of amides is 1. The van der Waals surface area contributed by atoms with E-state index in [0.717, 1.165) is 18.6 Å². The van der Waals surface area contributed by atoms with Gasteiger partial charge in [0, 0.05) is 11.6 Å². The van der Waals surface area contributed by atoms with Gasteiger partial charge in [-0.2, -0.15) is 0 Å². The summed E-state index contributed by atoms with van der Waals surface area (Å²) in [4.78, 5) is 23.0. The van der Waals surface area contributed by atoms with Gasteiger partial charge in [-0.15, -0.1) is 0 Å². The molecule has 5 nitrogen and oxygen atoms in total. The topological polar surface area (TPSA) is 75.6 Å². The van der Waals surface area contributed by atoms with Crippen molar-refractivity contribution in [2.45, 2.75) is 38.6 Å². The van der Waals surface area contributed by atoms with Crippen LogP contribution in [0.5, 0.6) is 5.75 Å². The van der Waals surface area contributed by atoms with Crippen molar-refractivity contribution in [1.82, 2.24) is 5.32 Å². The molecular weight excluding hydrogens is 270 g/mol. The summed E-state index contributed by atoms with van der Waals surface area (Å²) in [5, 5.41) is 11.9. The lowest BCUT2D eigenvalue weighted by Crippen LogP contribution is -2.33. The molecule has 2 atom stereocenters. The predicted octanol–water partition coefficient (Wildman–Crippen LogP) is 2.46. The number of carbonyl (C=O) groups is 2. The SMILES string of the molecule is CCCOc1ccc(C(=O)N[C@H]2CC[C@@H](C(=O)O)C2)cc1. The maximum absolute atomic E-state index is 12.1. The number of carbonyl (C=O) groups excluding carboxylic acids is 1. The zero-order valence-electron chi connectivity index (χ0n) is 12.2. The molecule has 1 aliphatic rings. The van der Waals surface area contributed by atoms with Crippen molar-refractivity contribution in [3.63, 3.8) is 0 Å². The summed E-state index contributed by atoms with van der Waals surface area (Å²) in [5.74, 6) is -0.516. The number of hydrogen-bond donors (Lipinski definition) is 2. The molecule has 0 radical (unpaired) electrons. The lowest BCUT2D eigenvalue weighted by Gasteiger charge is -2.12. The number of carboxylic acids is 1. The van der Waals surface area contributed by atoms with Crippen molar-refractivity contribution < 1.29 is 19.4 Å². The fourth-order valence-electron chi connectivity index (χ4n) is 2.53.